The summed E-state index contributed by atoms with van der Waals surface area (Å²) in [4.78, 5) is 2.49. The van der Waals surface area contributed by atoms with Crippen molar-refractivity contribution in [3.05, 3.63) is 0 Å². The Hall–Kier alpha value is -0.0800. The first kappa shape index (κ1) is 11.4. The van der Waals surface area contributed by atoms with E-state index in [9.17, 15) is 0 Å². The van der Waals surface area contributed by atoms with Crippen LogP contribution in [0.2, 0.25) is 0 Å². The van der Waals surface area contributed by atoms with Gasteiger partial charge in [0, 0.05) is 19.6 Å². The van der Waals surface area contributed by atoms with Gasteiger partial charge in [0.15, 0.2) is 0 Å². The van der Waals surface area contributed by atoms with E-state index in [1.807, 2.05) is 0 Å². The number of rotatable bonds is 7. The van der Waals surface area contributed by atoms with E-state index in [0.717, 1.165) is 11.8 Å². The predicted octanol–water partition coefficient (Wildman–Crippen LogP) is 2.11. The highest BCUT2D eigenvalue weighted by atomic mass is 15.1. The fourth-order valence-corrected chi connectivity index (χ4v) is 2.62. The minimum atomic E-state index is 0.985. The van der Waals surface area contributed by atoms with Crippen LogP contribution in [0.15, 0.2) is 0 Å². The Bertz CT molecular complexity index is 171. The van der Waals surface area contributed by atoms with Crippen LogP contribution in [0.25, 0.3) is 0 Å². The van der Waals surface area contributed by atoms with Gasteiger partial charge in [-0.25, -0.2) is 0 Å². The molecule has 2 saturated carbocycles. The molecule has 2 nitrogen and oxygen atoms in total. The SMILES string of the molecule is CN(CCNCC1CCCC1)CC1CC1. The molecule has 0 aromatic carbocycles. The molecule has 2 fully saturated rings. The highest BCUT2D eigenvalue weighted by molar-refractivity contribution is 4.76. The summed E-state index contributed by atoms with van der Waals surface area (Å²) < 4.78 is 0. The molecule has 2 aliphatic carbocycles. The van der Waals surface area contributed by atoms with E-state index in [4.69, 9.17) is 0 Å². The van der Waals surface area contributed by atoms with Crippen LogP contribution in [-0.4, -0.2) is 38.1 Å². The molecule has 0 atom stereocenters. The Balaban J connectivity index is 1.43. The van der Waals surface area contributed by atoms with Crippen LogP contribution in [0, 0.1) is 11.8 Å². The van der Waals surface area contributed by atoms with Crippen molar-refractivity contribution in [1.29, 1.82) is 0 Å². The quantitative estimate of drug-likeness (QED) is 0.647. The van der Waals surface area contributed by atoms with Crippen molar-refractivity contribution < 1.29 is 0 Å². The second kappa shape index (κ2) is 5.86. The maximum absolute atomic E-state index is 3.61. The third-order valence-corrected chi connectivity index (χ3v) is 3.84. The van der Waals surface area contributed by atoms with Crippen LogP contribution in [-0.2, 0) is 0 Å². The molecule has 88 valence electrons. The van der Waals surface area contributed by atoms with Crippen LogP contribution < -0.4 is 5.32 Å². The fourth-order valence-electron chi connectivity index (χ4n) is 2.62. The molecule has 0 heterocycles. The average molecular weight is 210 g/mol. The van der Waals surface area contributed by atoms with E-state index < -0.39 is 0 Å². The number of hydrogen-bond acceptors (Lipinski definition) is 2. The lowest BCUT2D eigenvalue weighted by molar-refractivity contribution is 0.314. The topological polar surface area (TPSA) is 15.3 Å². The minimum absolute atomic E-state index is 0.985. The Labute approximate surface area is 94.4 Å². The van der Waals surface area contributed by atoms with Crippen molar-refractivity contribution in [2.24, 2.45) is 11.8 Å². The van der Waals surface area contributed by atoms with Gasteiger partial charge < -0.3 is 10.2 Å². The average Bonchev–Trinajstić information content (AvgIpc) is 2.87. The summed E-state index contributed by atoms with van der Waals surface area (Å²) in [6, 6.07) is 0. The Kier molecular flexibility index (Phi) is 4.45. The van der Waals surface area contributed by atoms with Crippen molar-refractivity contribution in [3.63, 3.8) is 0 Å². The van der Waals surface area contributed by atoms with E-state index in [2.05, 4.69) is 17.3 Å². The molecule has 1 N–H and O–H groups in total. The van der Waals surface area contributed by atoms with Crippen molar-refractivity contribution in [2.45, 2.75) is 38.5 Å². The number of hydrogen-bond donors (Lipinski definition) is 1. The molecule has 0 aromatic rings. The second-order valence-corrected chi connectivity index (χ2v) is 5.56. The largest absolute Gasteiger partial charge is 0.315 e. The molecule has 2 rings (SSSR count). The molecule has 0 unspecified atom stereocenters. The molecule has 0 aliphatic heterocycles. The van der Waals surface area contributed by atoms with Gasteiger partial charge in [-0.3, -0.25) is 0 Å². The van der Waals surface area contributed by atoms with Crippen LogP contribution >= 0.6 is 0 Å². The van der Waals surface area contributed by atoms with Gasteiger partial charge in [0.05, 0.1) is 0 Å². The summed E-state index contributed by atoms with van der Waals surface area (Å²) in [5, 5.41) is 3.61. The maximum atomic E-state index is 3.61. The molecule has 0 amide bonds. The van der Waals surface area contributed by atoms with Gasteiger partial charge >= 0.3 is 0 Å². The van der Waals surface area contributed by atoms with Gasteiger partial charge in [0.2, 0.25) is 0 Å². The van der Waals surface area contributed by atoms with Crippen molar-refractivity contribution in [2.75, 3.05) is 33.2 Å². The van der Waals surface area contributed by atoms with Crippen molar-refractivity contribution in [3.8, 4) is 0 Å². The standard InChI is InChI=1S/C13H26N2/c1-15(11-13-6-7-13)9-8-14-10-12-4-2-3-5-12/h12-14H,2-11H2,1H3. The molecule has 0 saturated heterocycles. The van der Waals surface area contributed by atoms with Crippen LogP contribution in [0.4, 0.5) is 0 Å². The fraction of sp³-hybridized carbons (Fsp3) is 1.00. The maximum Gasteiger partial charge on any atom is 0.0104 e. The van der Waals surface area contributed by atoms with Crippen LogP contribution in [0.3, 0.4) is 0 Å². The normalized spacial score (nSPS) is 22.8. The summed E-state index contributed by atoms with van der Waals surface area (Å²) in [6.07, 6.45) is 8.80. The summed E-state index contributed by atoms with van der Waals surface area (Å²) >= 11 is 0. The first-order chi connectivity index (χ1) is 7.34. The van der Waals surface area contributed by atoms with Gasteiger partial charge in [-0.1, -0.05) is 12.8 Å². The minimum Gasteiger partial charge on any atom is -0.315 e. The summed E-state index contributed by atoms with van der Waals surface area (Å²) in [5.74, 6) is 2.02. The number of nitrogens with one attached hydrogen (secondary N) is 1. The number of nitrogens with zero attached hydrogens (tertiary/aromatic N) is 1. The molecule has 0 radical (unpaired) electrons. The number of likely N-dealkylation sites (N-methyl/N-ethyl adjacent to an activating group) is 1. The molecule has 2 aliphatic rings. The zero-order valence-electron chi connectivity index (χ0n) is 10.2. The molecule has 15 heavy (non-hydrogen) atoms. The van der Waals surface area contributed by atoms with Gasteiger partial charge in [-0.15, -0.1) is 0 Å². The van der Waals surface area contributed by atoms with E-state index in [-0.39, 0.29) is 0 Å². The van der Waals surface area contributed by atoms with E-state index in [1.165, 1.54) is 64.7 Å². The van der Waals surface area contributed by atoms with Gasteiger partial charge in [-0.2, -0.15) is 0 Å². The molecule has 0 spiro atoms. The van der Waals surface area contributed by atoms with E-state index in [0.29, 0.717) is 0 Å². The molecular formula is C13H26N2. The Morgan fingerprint density at radius 2 is 1.80 bits per heavy atom. The lowest BCUT2D eigenvalue weighted by Gasteiger charge is -2.17. The van der Waals surface area contributed by atoms with Crippen LogP contribution in [0.1, 0.15) is 38.5 Å². The monoisotopic (exact) mass is 210 g/mol. The zero-order chi connectivity index (χ0) is 10.5. The van der Waals surface area contributed by atoms with Crippen molar-refractivity contribution >= 4 is 0 Å². The molecule has 0 bridgehead atoms. The predicted molar refractivity (Wildman–Crippen MR) is 65.0 cm³/mol. The van der Waals surface area contributed by atoms with Gasteiger partial charge in [0.1, 0.15) is 0 Å². The Morgan fingerprint density at radius 1 is 1.07 bits per heavy atom. The highest BCUT2D eigenvalue weighted by Gasteiger charge is 2.22. The third kappa shape index (κ3) is 4.52. The Morgan fingerprint density at radius 3 is 2.47 bits per heavy atom. The molecule has 2 heteroatoms. The first-order valence-corrected chi connectivity index (χ1v) is 6.74. The van der Waals surface area contributed by atoms with E-state index in [1.54, 1.807) is 0 Å². The zero-order valence-corrected chi connectivity index (χ0v) is 10.2. The first-order valence-electron chi connectivity index (χ1n) is 6.74. The summed E-state index contributed by atoms with van der Waals surface area (Å²) in [5.41, 5.74) is 0. The lowest BCUT2D eigenvalue weighted by atomic mass is 10.1. The summed E-state index contributed by atoms with van der Waals surface area (Å²) in [7, 11) is 2.26. The van der Waals surface area contributed by atoms with Crippen molar-refractivity contribution in [1.82, 2.24) is 10.2 Å². The lowest BCUT2D eigenvalue weighted by Crippen LogP contribution is -2.32. The van der Waals surface area contributed by atoms with Gasteiger partial charge in [0.25, 0.3) is 0 Å². The third-order valence-electron chi connectivity index (χ3n) is 3.84. The second-order valence-electron chi connectivity index (χ2n) is 5.56. The summed E-state index contributed by atoms with van der Waals surface area (Å²) in [6.45, 7) is 4.99. The molecular weight excluding hydrogens is 184 g/mol. The molecule has 0 aromatic heterocycles. The smallest absolute Gasteiger partial charge is 0.0104 e. The van der Waals surface area contributed by atoms with Crippen LogP contribution in [0.5, 0.6) is 0 Å². The highest BCUT2D eigenvalue weighted by Crippen LogP contribution is 2.29. The van der Waals surface area contributed by atoms with E-state index >= 15 is 0 Å². The van der Waals surface area contributed by atoms with Gasteiger partial charge in [-0.05, 0) is 51.1 Å².